The lowest BCUT2D eigenvalue weighted by Crippen LogP contribution is -2.16. The van der Waals surface area contributed by atoms with Crippen LogP contribution in [0.2, 0.25) is 19.6 Å². The first-order chi connectivity index (χ1) is 8.38. The number of fused-ring (bicyclic) bond motifs is 1. The molecular formula is C14H15BrN2Si. The van der Waals surface area contributed by atoms with Crippen molar-refractivity contribution in [2.75, 3.05) is 5.73 Å². The molecule has 1 aromatic carbocycles. The molecule has 2 nitrogen and oxygen atoms in total. The average molecular weight is 319 g/mol. The summed E-state index contributed by atoms with van der Waals surface area (Å²) in [6, 6.07) is 8.03. The van der Waals surface area contributed by atoms with Crippen molar-refractivity contribution in [2.24, 2.45) is 0 Å². The third-order valence-electron chi connectivity index (χ3n) is 2.46. The molecule has 0 fully saturated rings. The third-order valence-corrected chi connectivity index (χ3v) is 3.94. The Bertz CT molecular complexity index is 663. The highest BCUT2D eigenvalue weighted by atomic mass is 79.9. The lowest BCUT2D eigenvalue weighted by atomic mass is 10.1. The predicted octanol–water partition coefficient (Wildman–Crippen LogP) is 3.81. The molecule has 0 spiro atoms. The van der Waals surface area contributed by atoms with Crippen molar-refractivity contribution in [3.05, 3.63) is 34.4 Å². The van der Waals surface area contributed by atoms with Crippen molar-refractivity contribution in [1.29, 1.82) is 0 Å². The van der Waals surface area contributed by atoms with Crippen LogP contribution in [-0.2, 0) is 0 Å². The highest BCUT2D eigenvalue weighted by Crippen LogP contribution is 2.28. The molecule has 0 atom stereocenters. The van der Waals surface area contributed by atoms with Gasteiger partial charge in [-0.15, -0.1) is 5.54 Å². The molecule has 1 heterocycles. The molecular weight excluding hydrogens is 304 g/mol. The van der Waals surface area contributed by atoms with E-state index in [1.807, 2.05) is 24.3 Å². The van der Waals surface area contributed by atoms with Gasteiger partial charge in [-0.1, -0.05) is 49.8 Å². The normalized spacial score (nSPS) is 11.1. The third kappa shape index (κ3) is 2.74. The van der Waals surface area contributed by atoms with Crippen LogP contribution in [0.25, 0.3) is 10.8 Å². The van der Waals surface area contributed by atoms with Gasteiger partial charge in [-0.05, 0) is 15.9 Å². The Morgan fingerprint density at radius 3 is 2.39 bits per heavy atom. The minimum Gasteiger partial charge on any atom is -0.383 e. The number of hydrogen-bond acceptors (Lipinski definition) is 2. The first-order valence-electron chi connectivity index (χ1n) is 5.75. The fraction of sp³-hybridized carbons (Fsp3) is 0.214. The number of nitrogens with two attached hydrogens (primary N) is 1. The van der Waals surface area contributed by atoms with Crippen molar-refractivity contribution in [3.8, 4) is 11.5 Å². The Kier molecular flexibility index (Phi) is 3.46. The van der Waals surface area contributed by atoms with Gasteiger partial charge in [0.15, 0.2) is 0 Å². The van der Waals surface area contributed by atoms with Crippen molar-refractivity contribution in [2.45, 2.75) is 19.6 Å². The summed E-state index contributed by atoms with van der Waals surface area (Å²) in [5, 5.41) is 2.11. The first-order valence-corrected chi connectivity index (χ1v) is 10.0. The zero-order valence-corrected chi connectivity index (χ0v) is 13.3. The molecule has 0 bridgehead atoms. The quantitative estimate of drug-likeness (QED) is 0.456. The fourth-order valence-electron chi connectivity index (χ4n) is 1.62. The summed E-state index contributed by atoms with van der Waals surface area (Å²) < 4.78 is 0.772. The SMILES string of the molecule is C[Si](C)(C)C#Cc1c(N)nc(Br)c2ccccc12. The van der Waals surface area contributed by atoms with Crippen molar-refractivity contribution >= 4 is 40.6 Å². The minimum atomic E-state index is -1.42. The second-order valence-corrected chi connectivity index (χ2v) is 10.7. The summed E-state index contributed by atoms with van der Waals surface area (Å²) in [5.74, 6) is 3.72. The molecule has 18 heavy (non-hydrogen) atoms. The predicted molar refractivity (Wildman–Crippen MR) is 84.1 cm³/mol. The standard InChI is InChI=1S/C14H15BrN2Si/c1-18(2,3)9-8-12-10-6-4-5-7-11(10)13(15)17-14(12)16/h4-7H,1-3H3,(H2,16,17). The maximum atomic E-state index is 5.99. The van der Waals surface area contributed by atoms with Gasteiger partial charge in [0.1, 0.15) is 18.5 Å². The summed E-state index contributed by atoms with van der Waals surface area (Å²) in [6.45, 7) is 6.64. The van der Waals surface area contributed by atoms with Gasteiger partial charge in [0.05, 0.1) is 5.56 Å². The molecule has 2 aromatic rings. The molecule has 1 aromatic heterocycles. The van der Waals surface area contributed by atoms with Gasteiger partial charge >= 0.3 is 0 Å². The molecule has 0 amide bonds. The molecule has 0 aliphatic rings. The lowest BCUT2D eigenvalue weighted by molar-refractivity contribution is 1.31. The largest absolute Gasteiger partial charge is 0.383 e. The molecule has 0 aliphatic heterocycles. The van der Waals surface area contributed by atoms with Crippen LogP contribution in [-0.4, -0.2) is 13.1 Å². The van der Waals surface area contributed by atoms with E-state index in [1.54, 1.807) is 0 Å². The van der Waals surface area contributed by atoms with E-state index in [0.717, 1.165) is 20.9 Å². The highest BCUT2D eigenvalue weighted by molar-refractivity contribution is 9.10. The van der Waals surface area contributed by atoms with Gasteiger partial charge < -0.3 is 5.73 Å². The van der Waals surface area contributed by atoms with Crippen LogP contribution in [0.15, 0.2) is 28.9 Å². The van der Waals surface area contributed by atoms with Crippen molar-refractivity contribution < 1.29 is 0 Å². The number of pyridine rings is 1. The van der Waals surface area contributed by atoms with Gasteiger partial charge in [0.2, 0.25) is 0 Å². The molecule has 2 N–H and O–H groups in total. The summed E-state index contributed by atoms with van der Waals surface area (Å²) >= 11 is 3.44. The van der Waals surface area contributed by atoms with Crippen molar-refractivity contribution in [3.63, 3.8) is 0 Å². The zero-order valence-electron chi connectivity index (χ0n) is 10.7. The van der Waals surface area contributed by atoms with Gasteiger partial charge in [0, 0.05) is 10.8 Å². The highest BCUT2D eigenvalue weighted by Gasteiger charge is 2.11. The number of anilines is 1. The number of hydrogen-bond donors (Lipinski definition) is 1. The second kappa shape index (κ2) is 4.75. The van der Waals surface area contributed by atoms with E-state index in [-0.39, 0.29) is 0 Å². The molecule has 0 saturated heterocycles. The van der Waals surface area contributed by atoms with Crippen molar-refractivity contribution in [1.82, 2.24) is 4.98 Å². The zero-order chi connectivity index (χ0) is 13.3. The summed E-state index contributed by atoms with van der Waals surface area (Å²) in [6.07, 6.45) is 0. The Balaban J connectivity index is 2.73. The number of halogens is 1. The van der Waals surface area contributed by atoms with Gasteiger partial charge in [-0.3, -0.25) is 0 Å². The molecule has 0 aliphatic carbocycles. The average Bonchev–Trinajstić information content (AvgIpc) is 2.27. The van der Waals surface area contributed by atoms with Crippen LogP contribution >= 0.6 is 15.9 Å². The van der Waals surface area contributed by atoms with E-state index < -0.39 is 8.07 Å². The van der Waals surface area contributed by atoms with Crippen LogP contribution in [0.3, 0.4) is 0 Å². The number of nitrogens with zero attached hydrogens (tertiary/aromatic N) is 1. The first kappa shape index (κ1) is 13.1. The maximum absolute atomic E-state index is 5.99. The smallest absolute Gasteiger partial charge is 0.141 e. The van der Waals surface area contributed by atoms with Crippen LogP contribution < -0.4 is 5.73 Å². The summed E-state index contributed by atoms with van der Waals surface area (Å²) in [7, 11) is -1.42. The molecule has 4 heteroatoms. The van der Waals surface area contributed by atoms with Gasteiger partial charge in [0.25, 0.3) is 0 Å². The van der Waals surface area contributed by atoms with E-state index in [2.05, 4.69) is 52.0 Å². The van der Waals surface area contributed by atoms with Gasteiger partial charge in [-0.25, -0.2) is 4.98 Å². The molecule has 0 unspecified atom stereocenters. The van der Waals surface area contributed by atoms with Crippen LogP contribution in [0.5, 0.6) is 0 Å². The monoisotopic (exact) mass is 318 g/mol. The van der Waals surface area contributed by atoms with Crippen LogP contribution in [0, 0.1) is 11.5 Å². The summed E-state index contributed by atoms with van der Waals surface area (Å²) in [5.41, 5.74) is 10.2. The van der Waals surface area contributed by atoms with Crippen LogP contribution in [0.4, 0.5) is 5.82 Å². The van der Waals surface area contributed by atoms with Gasteiger partial charge in [-0.2, -0.15) is 0 Å². The van der Waals surface area contributed by atoms with E-state index in [4.69, 9.17) is 5.73 Å². The Hall–Kier alpha value is -1.31. The number of aromatic nitrogens is 1. The van der Waals surface area contributed by atoms with E-state index in [1.165, 1.54) is 0 Å². The molecule has 0 radical (unpaired) electrons. The number of nitrogen functional groups attached to an aromatic ring is 1. The Morgan fingerprint density at radius 1 is 1.17 bits per heavy atom. The number of benzene rings is 1. The Morgan fingerprint density at radius 2 is 1.78 bits per heavy atom. The van der Waals surface area contributed by atoms with E-state index >= 15 is 0 Å². The lowest BCUT2D eigenvalue weighted by Gasteiger charge is -2.07. The molecule has 92 valence electrons. The second-order valence-electron chi connectivity index (χ2n) is 5.21. The maximum Gasteiger partial charge on any atom is 0.141 e. The van der Waals surface area contributed by atoms with Crippen LogP contribution in [0.1, 0.15) is 5.56 Å². The molecule has 2 rings (SSSR count). The number of rotatable bonds is 0. The topological polar surface area (TPSA) is 38.9 Å². The van der Waals surface area contributed by atoms with E-state index in [9.17, 15) is 0 Å². The molecule has 0 saturated carbocycles. The Labute approximate surface area is 117 Å². The van der Waals surface area contributed by atoms with E-state index in [0.29, 0.717) is 5.82 Å². The minimum absolute atomic E-state index is 0.492. The fourth-order valence-corrected chi connectivity index (χ4v) is 2.66. The summed E-state index contributed by atoms with van der Waals surface area (Å²) in [4.78, 5) is 4.31.